The predicted molar refractivity (Wildman–Crippen MR) is 170 cm³/mol. The van der Waals surface area contributed by atoms with Gasteiger partial charge >= 0.3 is 6.36 Å². The highest BCUT2D eigenvalue weighted by atomic mass is 32.2. The Bertz CT molecular complexity index is 1740. The number of halogens is 3. The molecule has 3 aromatic carbocycles. The Morgan fingerprint density at radius 2 is 1.84 bits per heavy atom. The number of aromatic nitrogens is 3. The maximum atomic E-state index is 12.8. The van der Waals surface area contributed by atoms with Gasteiger partial charge in [0.2, 0.25) is 11.0 Å². The van der Waals surface area contributed by atoms with E-state index >= 15 is 0 Å². The predicted octanol–water partition coefficient (Wildman–Crippen LogP) is 5.55. The molecule has 2 heterocycles. The van der Waals surface area contributed by atoms with Gasteiger partial charge in [0, 0.05) is 19.7 Å². The number of rotatable bonds is 7. The standard InChI is InChI=1S/C29H25F3N8O2S2/c1-18-4-13-23(38(2)3)24(14-18)40-25(41)16-44-28(40)35-27(43)36-34-15-19-5-7-20(8-6-19)26-33-17-39(37-26)21-9-11-22(12-10-21)42-29(30,31)32/h4-15,17H,16H2,1-3H3,(H,36,43)/b34-15+,35-28?. The molecule has 0 radical (unpaired) electrons. The summed E-state index contributed by atoms with van der Waals surface area (Å²) in [6, 6.07) is 18.5. The van der Waals surface area contributed by atoms with Gasteiger partial charge in [-0.15, -0.1) is 18.3 Å². The lowest BCUT2D eigenvalue weighted by Crippen LogP contribution is -2.32. The topological polar surface area (TPSA) is 100 Å². The van der Waals surface area contributed by atoms with Crippen molar-refractivity contribution in [1.82, 2.24) is 20.2 Å². The van der Waals surface area contributed by atoms with Crippen LogP contribution < -0.4 is 20.0 Å². The number of aryl methyl sites for hydroxylation is 1. The third-order valence-electron chi connectivity index (χ3n) is 6.19. The fraction of sp³-hybridized carbons (Fsp3) is 0.172. The Balaban J connectivity index is 1.21. The summed E-state index contributed by atoms with van der Waals surface area (Å²) in [6.45, 7) is 1.97. The molecule has 44 heavy (non-hydrogen) atoms. The summed E-state index contributed by atoms with van der Waals surface area (Å²) >= 11 is 6.67. The Kier molecular flexibility index (Phi) is 8.96. The van der Waals surface area contributed by atoms with E-state index in [4.69, 9.17) is 12.2 Å². The maximum absolute atomic E-state index is 12.8. The molecule has 1 N–H and O–H groups in total. The molecule has 5 rings (SSSR count). The van der Waals surface area contributed by atoms with Crippen LogP contribution >= 0.6 is 24.0 Å². The molecule has 0 bridgehead atoms. The smallest absolute Gasteiger partial charge is 0.406 e. The van der Waals surface area contributed by atoms with Crippen LogP contribution in [0.1, 0.15) is 11.1 Å². The molecule has 1 amide bonds. The second-order valence-corrected chi connectivity index (χ2v) is 11.0. The molecule has 1 fully saturated rings. The lowest BCUT2D eigenvalue weighted by atomic mass is 10.1. The summed E-state index contributed by atoms with van der Waals surface area (Å²) < 4.78 is 42.5. The van der Waals surface area contributed by atoms with E-state index in [1.165, 1.54) is 47.0 Å². The minimum absolute atomic E-state index is 0.0818. The number of anilines is 2. The molecule has 0 saturated carbocycles. The molecule has 226 valence electrons. The number of hydrogen-bond donors (Lipinski definition) is 1. The van der Waals surface area contributed by atoms with E-state index in [2.05, 4.69) is 30.3 Å². The van der Waals surface area contributed by atoms with Gasteiger partial charge in [-0.3, -0.25) is 15.1 Å². The van der Waals surface area contributed by atoms with E-state index in [0.29, 0.717) is 16.7 Å². The third kappa shape index (κ3) is 7.41. The number of nitrogens with one attached hydrogen (secondary N) is 1. The molecule has 15 heteroatoms. The number of thiocarbonyl (C=S) groups is 1. The number of thioether (sulfide) groups is 1. The summed E-state index contributed by atoms with van der Waals surface area (Å²) in [4.78, 5) is 25.0. The van der Waals surface area contributed by atoms with Gasteiger partial charge in [0.05, 0.1) is 29.0 Å². The first kappa shape index (κ1) is 30.7. The van der Waals surface area contributed by atoms with Gasteiger partial charge in [-0.1, -0.05) is 42.1 Å². The Morgan fingerprint density at radius 1 is 1.11 bits per heavy atom. The van der Waals surface area contributed by atoms with E-state index in [1.807, 2.05) is 68.4 Å². The molecule has 0 unspecified atom stereocenters. The largest absolute Gasteiger partial charge is 0.573 e. The fourth-order valence-electron chi connectivity index (χ4n) is 4.18. The molecule has 1 aliphatic heterocycles. The fourth-order valence-corrected chi connectivity index (χ4v) is 5.25. The number of carbonyl (C=O) groups is 1. The van der Waals surface area contributed by atoms with E-state index in [0.717, 1.165) is 28.1 Å². The summed E-state index contributed by atoms with van der Waals surface area (Å²) in [7, 11) is 3.83. The zero-order valence-electron chi connectivity index (χ0n) is 23.6. The van der Waals surface area contributed by atoms with Crippen LogP contribution in [-0.2, 0) is 4.79 Å². The first-order valence-corrected chi connectivity index (χ1v) is 14.4. The molecular formula is C29H25F3N8O2S2. The summed E-state index contributed by atoms with van der Waals surface area (Å²) in [6.07, 6.45) is -1.72. The normalized spacial score (nSPS) is 14.5. The average Bonchev–Trinajstić information content (AvgIpc) is 3.60. The van der Waals surface area contributed by atoms with Crippen molar-refractivity contribution < 1.29 is 22.7 Å². The van der Waals surface area contributed by atoms with Crippen LogP contribution in [0.4, 0.5) is 24.5 Å². The van der Waals surface area contributed by atoms with Crippen molar-refractivity contribution >= 4 is 57.8 Å². The lowest BCUT2D eigenvalue weighted by Gasteiger charge is -2.24. The molecule has 0 atom stereocenters. The Morgan fingerprint density at radius 3 is 2.52 bits per heavy atom. The van der Waals surface area contributed by atoms with Crippen LogP contribution in [0.25, 0.3) is 17.1 Å². The second-order valence-electron chi connectivity index (χ2n) is 9.65. The summed E-state index contributed by atoms with van der Waals surface area (Å²) in [5, 5.41) is 9.15. The van der Waals surface area contributed by atoms with Crippen molar-refractivity contribution in [3.8, 4) is 22.8 Å². The Labute approximate surface area is 260 Å². The zero-order valence-corrected chi connectivity index (χ0v) is 25.2. The number of amides is 1. The van der Waals surface area contributed by atoms with Gasteiger partial charge in [-0.05, 0) is 66.7 Å². The van der Waals surface area contributed by atoms with Crippen LogP contribution in [0.3, 0.4) is 0 Å². The van der Waals surface area contributed by atoms with Crippen molar-refractivity contribution in [2.75, 3.05) is 29.6 Å². The van der Waals surface area contributed by atoms with Crippen LogP contribution in [0.2, 0.25) is 0 Å². The quantitative estimate of drug-likeness (QED) is 0.160. The number of aliphatic imine (C=N–C) groups is 1. The molecule has 1 aromatic heterocycles. The molecule has 4 aromatic rings. The number of ether oxygens (including phenoxy) is 1. The zero-order chi connectivity index (χ0) is 31.4. The van der Waals surface area contributed by atoms with E-state index in [9.17, 15) is 18.0 Å². The van der Waals surface area contributed by atoms with Gasteiger partial charge in [0.15, 0.2) is 11.0 Å². The van der Waals surface area contributed by atoms with Gasteiger partial charge in [-0.25, -0.2) is 9.67 Å². The van der Waals surface area contributed by atoms with Gasteiger partial charge in [0.25, 0.3) is 0 Å². The van der Waals surface area contributed by atoms with E-state index < -0.39 is 6.36 Å². The first-order chi connectivity index (χ1) is 21.0. The van der Waals surface area contributed by atoms with Crippen molar-refractivity contribution in [2.45, 2.75) is 13.3 Å². The van der Waals surface area contributed by atoms with Gasteiger partial charge in [0.1, 0.15) is 12.1 Å². The van der Waals surface area contributed by atoms with Crippen molar-refractivity contribution in [1.29, 1.82) is 0 Å². The minimum Gasteiger partial charge on any atom is -0.406 e. The SMILES string of the molecule is Cc1ccc(N(C)C)c(N2C(=O)CSC2=NC(=S)N/N=C/c2ccc(-c3ncn(-c4ccc(OC(F)(F)F)cc4)n3)cc2)c1. The number of benzene rings is 3. The van der Waals surface area contributed by atoms with Crippen molar-refractivity contribution in [3.05, 3.63) is 84.2 Å². The van der Waals surface area contributed by atoms with E-state index in [-0.39, 0.29) is 22.5 Å². The molecule has 0 aliphatic carbocycles. The summed E-state index contributed by atoms with van der Waals surface area (Å²) in [5.41, 5.74) is 7.38. The number of amidine groups is 1. The molecular weight excluding hydrogens is 614 g/mol. The van der Waals surface area contributed by atoms with Gasteiger partial charge in [-0.2, -0.15) is 10.1 Å². The maximum Gasteiger partial charge on any atom is 0.573 e. The van der Waals surface area contributed by atoms with Gasteiger partial charge < -0.3 is 9.64 Å². The lowest BCUT2D eigenvalue weighted by molar-refractivity contribution is -0.274. The molecule has 1 aliphatic rings. The highest BCUT2D eigenvalue weighted by Gasteiger charge is 2.32. The minimum atomic E-state index is -4.76. The first-order valence-electron chi connectivity index (χ1n) is 13.0. The highest BCUT2D eigenvalue weighted by molar-refractivity contribution is 8.15. The van der Waals surface area contributed by atoms with Crippen LogP contribution in [0.5, 0.6) is 5.75 Å². The van der Waals surface area contributed by atoms with Crippen LogP contribution in [-0.4, -0.2) is 63.4 Å². The molecule has 10 nitrogen and oxygen atoms in total. The average molecular weight is 639 g/mol. The highest BCUT2D eigenvalue weighted by Crippen LogP contribution is 2.35. The van der Waals surface area contributed by atoms with Crippen LogP contribution in [0.15, 0.2) is 83.2 Å². The monoisotopic (exact) mass is 638 g/mol. The number of hydrogen-bond acceptors (Lipinski definition) is 8. The van der Waals surface area contributed by atoms with Crippen molar-refractivity contribution in [2.24, 2.45) is 10.1 Å². The number of alkyl halides is 3. The molecule has 1 saturated heterocycles. The second kappa shape index (κ2) is 12.9. The number of nitrogens with zero attached hydrogens (tertiary/aromatic N) is 7. The summed E-state index contributed by atoms with van der Waals surface area (Å²) in [5.74, 6) is 0.283. The van der Waals surface area contributed by atoms with Crippen molar-refractivity contribution in [3.63, 3.8) is 0 Å². The Hall–Kier alpha value is -4.76. The van der Waals surface area contributed by atoms with E-state index in [1.54, 1.807) is 11.1 Å². The third-order valence-corrected chi connectivity index (χ3v) is 7.29. The molecule has 0 spiro atoms. The number of carbonyl (C=O) groups excluding carboxylic acids is 1. The number of hydrazone groups is 1. The van der Waals surface area contributed by atoms with Crippen LogP contribution in [0, 0.1) is 6.92 Å².